The van der Waals surface area contributed by atoms with E-state index in [1.54, 1.807) is 18.2 Å². The topological polar surface area (TPSA) is 70.8 Å². The molecule has 4 aromatic rings. The fraction of sp³-hybridized carbons (Fsp3) is 0.241. The molecule has 0 radical (unpaired) electrons. The molecular weight excluding hydrogens is 442 g/mol. The number of ether oxygens (including phenoxy) is 3. The van der Waals surface area contributed by atoms with Crippen LogP contribution >= 0.6 is 0 Å². The van der Waals surface area contributed by atoms with E-state index in [0.29, 0.717) is 39.5 Å². The zero-order chi connectivity index (χ0) is 25.2. The second-order valence-electron chi connectivity index (χ2n) is 9.16. The molecule has 6 nitrogen and oxygen atoms in total. The van der Waals surface area contributed by atoms with Crippen LogP contribution in [0, 0.1) is 0 Å². The van der Waals surface area contributed by atoms with E-state index in [2.05, 4.69) is 37.9 Å². The number of para-hydroxylation sites is 2. The summed E-state index contributed by atoms with van der Waals surface area (Å²) in [5.74, 6) is 1.15. The van der Waals surface area contributed by atoms with Crippen molar-refractivity contribution in [1.29, 1.82) is 0 Å². The van der Waals surface area contributed by atoms with Crippen molar-refractivity contribution in [3.8, 4) is 17.2 Å². The molecule has 0 atom stereocenters. The van der Waals surface area contributed by atoms with E-state index < -0.39 is 0 Å². The standard InChI is InChI=1S/C29H29NO5/c1-29(2,3)20-13-11-18(12-14-20)15-21(28-30-22-9-7-8-10-23(22)35-28)26(31)19-16-24(32-4)27(34-6)25(17-19)33-5/h7-17H,1-6H3/b21-15-. The Hall–Kier alpha value is -4.06. The van der Waals surface area contributed by atoms with Crippen molar-refractivity contribution in [2.24, 2.45) is 0 Å². The Morgan fingerprint density at radius 1 is 0.886 bits per heavy atom. The zero-order valence-electron chi connectivity index (χ0n) is 20.8. The summed E-state index contributed by atoms with van der Waals surface area (Å²) in [6.45, 7) is 6.49. The fourth-order valence-corrected chi connectivity index (χ4v) is 3.83. The van der Waals surface area contributed by atoms with Crippen LogP contribution in [0.5, 0.6) is 17.2 Å². The van der Waals surface area contributed by atoms with Crippen molar-refractivity contribution >= 4 is 28.5 Å². The van der Waals surface area contributed by atoms with Crippen LogP contribution in [-0.4, -0.2) is 32.1 Å². The highest BCUT2D eigenvalue weighted by Gasteiger charge is 2.24. The number of ketones is 1. The van der Waals surface area contributed by atoms with E-state index in [0.717, 1.165) is 5.56 Å². The first kappa shape index (κ1) is 24.1. The highest BCUT2D eigenvalue weighted by Crippen LogP contribution is 2.39. The van der Waals surface area contributed by atoms with Crippen molar-refractivity contribution in [1.82, 2.24) is 4.98 Å². The van der Waals surface area contributed by atoms with Gasteiger partial charge in [-0.3, -0.25) is 4.79 Å². The van der Waals surface area contributed by atoms with Gasteiger partial charge in [0, 0.05) is 5.56 Å². The number of fused-ring (bicyclic) bond motifs is 1. The molecule has 1 aromatic heterocycles. The molecule has 0 fully saturated rings. The first-order chi connectivity index (χ1) is 16.7. The number of aromatic nitrogens is 1. The molecule has 0 aliphatic heterocycles. The average molecular weight is 472 g/mol. The number of rotatable bonds is 7. The molecule has 180 valence electrons. The van der Waals surface area contributed by atoms with E-state index in [4.69, 9.17) is 18.6 Å². The SMILES string of the molecule is COc1cc(C(=O)/C(=C/c2ccc(C(C)(C)C)cc2)c2nc3ccccc3o2)cc(OC)c1OC. The minimum atomic E-state index is -0.282. The maximum absolute atomic E-state index is 13.9. The molecule has 4 rings (SSSR count). The summed E-state index contributed by atoms with van der Waals surface area (Å²) in [5, 5.41) is 0. The molecule has 0 saturated heterocycles. The molecule has 0 aliphatic carbocycles. The number of nitrogens with zero attached hydrogens (tertiary/aromatic N) is 1. The quantitative estimate of drug-likeness (QED) is 0.224. The lowest BCUT2D eigenvalue weighted by atomic mass is 9.86. The molecule has 0 bridgehead atoms. The molecule has 0 saturated carbocycles. The normalized spacial score (nSPS) is 12.0. The smallest absolute Gasteiger partial charge is 0.231 e. The summed E-state index contributed by atoms with van der Waals surface area (Å²) >= 11 is 0. The van der Waals surface area contributed by atoms with Crippen molar-refractivity contribution in [3.05, 3.63) is 83.2 Å². The van der Waals surface area contributed by atoms with E-state index in [1.165, 1.54) is 26.9 Å². The first-order valence-electron chi connectivity index (χ1n) is 11.3. The van der Waals surface area contributed by atoms with Crippen molar-refractivity contribution in [2.45, 2.75) is 26.2 Å². The monoisotopic (exact) mass is 471 g/mol. The number of oxazole rings is 1. The Labute approximate surface area is 205 Å². The minimum Gasteiger partial charge on any atom is -0.493 e. The van der Waals surface area contributed by atoms with Gasteiger partial charge in [0.2, 0.25) is 11.6 Å². The third kappa shape index (κ3) is 4.92. The van der Waals surface area contributed by atoms with Crippen LogP contribution in [-0.2, 0) is 5.41 Å². The highest BCUT2D eigenvalue weighted by atomic mass is 16.5. The van der Waals surface area contributed by atoms with Gasteiger partial charge in [0.15, 0.2) is 22.9 Å². The number of carbonyl (C=O) groups is 1. The van der Waals surface area contributed by atoms with E-state index in [9.17, 15) is 4.79 Å². The Kier molecular flexibility index (Phi) is 6.65. The zero-order valence-corrected chi connectivity index (χ0v) is 20.8. The van der Waals surface area contributed by atoms with E-state index >= 15 is 0 Å². The molecule has 3 aromatic carbocycles. The summed E-state index contributed by atoms with van der Waals surface area (Å²) < 4.78 is 22.3. The lowest BCUT2D eigenvalue weighted by Gasteiger charge is -2.18. The number of allylic oxidation sites excluding steroid dienone is 1. The third-order valence-electron chi connectivity index (χ3n) is 5.78. The second kappa shape index (κ2) is 9.66. The molecule has 1 heterocycles. The highest BCUT2D eigenvalue weighted by molar-refractivity contribution is 6.31. The summed E-state index contributed by atoms with van der Waals surface area (Å²) in [7, 11) is 4.55. The number of methoxy groups -OCH3 is 3. The number of carbonyl (C=O) groups excluding carboxylic acids is 1. The molecule has 0 unspecified atom stereocenters. The second-order valence-corrected chi connectivity index (χ2v) is 9.16. The average Bonchev–Trinajstić information content (AvgIpc) is 3.29. The molecule has 0 aliphatic rings. The Balaban J connectivity index is 1.86. The van der Waals surface area contributed by atoms with Crippen LogP contribution in [0.25, 0.3) is 22.7 Å². The van der Waals surface area contributed by atoms with Crippen LogP contribution in [0.2, 0.25) is 0 Å². The summed E-state index contributed by atoms with van der Waals surface area (Å²) in [5.41, 5.74) is 4.05. The number of Topliss-reactive ketones (excluding diaryl/α,β-unsaturated/α-hetero) is 1. The largest absolute Gasteiger partial charge is 0.493 e. The maximum atomic E-state index is 13.9. The number of hydrogen-bond acceptors (Lipinski definition) is 6. The summed E-state index contributed by atoms with van der Waals surface area (Å²) in [4.78, 5) is 18.5. The van der Waals surface area contributed by atoms with Gasteiger partial charge < -0.3 is 18.6 Å². The third-order valence-corrected chi connectivity index (χ3v) is 5.78. The molecular formula is C29H29NO5. The van der Waals surface area contributed by atoms with Gasteiger partial charge in [-0.05, 0) is 46.9 Å². The van der Waals surface area contributed by atoms with Crippen LogP contribution in [0.1, 0.15) is 48.1 Å². The first-order valence-corrected chi connectivity index (χ1v) is 11.3. The van der Waals surface area contributed by atoms with Crippen LogP contribution in [0.3, 0.4) is 0 Å². The van der Waals surface area contributed by atoms with Gasteiger partial charge in [0.25, 0.3) is 0 Å². The predicted molar refractivity (Wildman–Crippen MR) is 137 cm³/mol. The van der Waals surface area contributed by atoms with Gasteiger partial charge in [-0.2, -0.15) is 0 Å². The van der Waals surface area contributed by atoms with Gasteiger partial charge in [0.1, 0.15) is 5.52 Å². The number of benzene rings is 3. The number of hydrogen-bond donors (Lipinski definition) is 0. The molecule has 35 heavy (non-hydrogen) atoms. The van der Waals surface area contributed by atoms with Gasteiger partial charge in [-0.1, -0.05) is 57.2 Å². The van der Waals surface area contributed by atoms with Crippen molar-refractivity contribution in [2.75, 3.05) is 21.3 Å². The van der Waals surface area contributed by atoms with Crippen LogP contribution in [0.4, 0.5) is 0 Å². The predicted octanol–water partition coefficient (Wildman–Crippen LogP) is 6.57. The van der Waals surface area contributed by atoms with Crippen molar-refractivity contribution in [3.63, 3.8) is 0 Å². The van der Waals surface area contributed by atoms with Crippen molar-refractivity contribution < 1.29 is 23.4 Å². The fourth-order valence-electron chi connectivity index (χ4n) is 3.83. The Morgan fingerprint density at radius 3 is 2.06 bits per heavy atom. The van der Waals surface area contributed by atoms with E-state index in [1.807, 2.05) is 36.4 Å². The van der Waals surface area contributed by atoms with Crippen LogP contribution in [0.15, 0.2) is 65.1 Å². The summed E-state index contributed by atoms with van der Waals surface area (Å²) in [6, 6.07) is 18.8. The van der Waals surface area contributed by atoms with Gasteiger partial charge >= 0.3 is 0 Å². The minimum absolute atomic E-state index is 0.0252. The lowest BCUT2D eigenvalue weighted by molar-refractivity contribution is 0.105. The van der Waals surface area contributed by atoms with Gasteiger partial charge in [0.05, 0.1) is 26.9 Å². The lowest BCUT2D eigenvalue weighted by Crippen LogP contribution is -2.10. The molecule has 0 spiro atoms. The van der Waals surface area contributed by atoms with Crippen LogP contribution < -0.4 is 14.2 Å². The summed E-state index contributed by atoms with van der Waals surface area (Å²) in [6.07, 6.45) is 1.79. The van der Waals surface area contributed by atoms with Gasteiger partial charge in [-0.15, -0.1) is 0 Å². The maximum Gasteiger partial charge on any atom is 0.231 e. The molecule has 0 N–H and O–H groups in total. The van der Waals surface area contributed by atoms with E-state index in [-0.39, 0.29) is 17.1 Å². The Bertz CT molecular complexity index is 1330. The molecule has 6 heteroatoms. The van der Waals surface area contributed by atoms with Gasteiger partial charge in [-0.25, -0.2) is 4.98 Å². The Morgan fingerprint density at radius 2 is 1.51 bits per heavy atom. The molecule has 0 amide bonds.